The van der Waals surface area contributed by atoms with E-state index in [-0.39, 0.29) is 19.3 Å². The normalized spacial score (nSPS) is 22.7. The molecule has 2 N–H and O–H groups in total. The second-order valence-electron chi connectivity index (χ2n) is 6.18. The fraction of sp³-hybridized carbons (Fsp3) is 0.333. The molecule has 1 unspecified atom stereocenters. The van der Waals surface area contributed by atoms with Gasteiger partial charge in [0.15, 0.2) is 6.10 Å². The topological polar surface area (TPSA) is 92.1 Å². The highest BCUT2D eigenvalue weighted by Crippen LogP contribution is 2.40. The molecule has 25 heavy (non-hydrogen) atoms. The first-order valence-electron chi connectivity index (χ1n) is 8.10. The maximum atomic E-state index is 12.1. The largest absolute Gasteiger partial charge is 0.489 e. The van der Waals surface area contributed by atoms with Crippen molar-refractivity contribution in [1.29, 1.82) is 0 Å². The van der Waals surface area contributed by atoms with Crippen LogP contribution in [0.5, 0.6) is 5.75 Å². The zero-order chi connectivity index (χ0) is 17.6. The van der Waals surface area contributed by atoms with Gasteiger partial charge in [-0.3, -0.25) is 9.88 Å². The number of benzene rings is 1. The van der Waals surface area contributed by atoms with E-state index in [1.165, 1.54) is 4.90 Å². The van der Waals surface area contributed by atoms with Crippen LogP contribution in [0.2, 0.25) is 0 Å². The molecule has 4 rings (SSSR count). The number of amides is 1. The van der Waals surface area contributed by atoms with Gasteiger partial charge in [0.1, 0.15) is 18.4 Å². The van der Waals surface area contributed by atoms with Crippen molar-refractivity contribution < 1.29 is 24.5 Å². The van der Waals surface area contributed by atoms with Gasteiger partial charge < -0.3 is 19.7 Å². The van der Waals surface area contributed by atoms with Crippen molar-refractivity contribution in [3.63, 3.8) is 0 Å². The van der Waals surface area contributed by atoms with Crippen LogP contribution in [0.25, 0.3) is 11.1 Å². The number of carbonyl (C=O) groups is 1. The second kappa shape index (κ2) is 6.02. The highest BCUT2D eigenvalue weighted by atomic mass is 16.6. The Hall–Kier alpha value is -2.64. The molecule has 130 valence electrons. The number of cyclic esters (lactones) is 1. The molecule has 0 spiro atoms. The summed E-state index contributed by atoms with van der Waals surface area (Å²) in [7, 11) is 0. The smallest absolute Gasteiger partial charge is 0.415 e. The van der Waals surface area contributed by atoms with Crippen molar-refractivity contribution in [2.75, 3.05) is 18.1 Å². The molecule has 0 saturated carbocycles. The molecular weight excluding hydrogens is 324 g/mol. The number of aromatic nitrogens is 1. The number of anilines is 1. The van der Waals surface area contributed by atoms with Gasteiger partial charge in [-0.1, -0.05) is 12.1 Å². The summed E-state index contributed by atoms with van der Waals surface area (Å²) in [4.78, 5) is 17.9. The van der Waals surface area contributed by atoms with Crippen LogP contribution < -0.4 is 9.64 Å². The number of carbonyl (C=O) groups excluding carboxylic acids is 1. The first kappa shape index (κ1) is 15.9. The molecule has 7 nitrogen and oxygen atoms in total. The van der Waals surface area contributed by atoms with Gasteiger partial charge in [-0.2, -0.15) is 0 Å². The van der Waals surface area contributed by atoms with E-state index in [1.807, 2.05) is 18.2 Å². The Labute approximate surface area is 144 Å². The number of aliphatic hydroxyl groups excluding tert-OH is 2. The van der Waals surface area contributed by atoms with E-state index >= 15 is 0 Å². The van der Waals surface area contributed by atoms with Crippen LogP contribution in [-0.4, -0.2) is 46.6 Å². The lowest BCUT2D eigenvalue weighted by Crippen LogP contribution is -2.45. The summed E-state index contributed by atoms with van der Waals surface area (Å²) in [5, 5.41) is 18.9. The minimum Gasteiger partial charge on any atom is -0.489 e. The molecule has 0 aliphatic carbocycles. The summed E-state index contributed by atoms with van der Waals surface area (Å²) < 4.78 is 11.0. The molecule has 3 heterocycles. The molecular formula is C18H18N2O5. The van der Waals surface area contributed by atoms with Crippen LogP contribution in [0.15, 0.2) is 36.5 Å². The van der Waals surface area contributed by atoms with E-state index in [9.17, 15) is 15.0 Å². The third-order valence-electron chi connectivity index (χ3n) is 4.57. The van der Waals surface area contributed by atoms with E-state index < -0.39 is 18.3 Å². The molecule has 7 heteroatoms. The van der Waals surface area contributed by atoms with E-state index in [0.29, 0.717) is 17.1 Å². The standard InChI is InChI=1S/C18H18N2O5/c1-10(22)13-4-2-12(7-19-13)11-3-5-14-16(6-11)24-9-15-17(8-21)25-18(23)20(14)15/h2-7,10,15,17,21-22H,8-9H2,1H3/t10?,15-,17-/m0/s1. The second-order valence-corrected chi connectivity index (χ2v) is 6.18. The molecule has 1 saturated heterocycles. The Bertz CT molecular complexity index is 806. The lowest BCUT2D eigenvalue weighted by molar-refractivity contribution is 0.0734. The zero-order valence-corrected chi connectivity index (χ0v) is 13.6. The van der Waals surface area contributed by atoms with Gasteiger partial charge in [-0.05, 0) is 30.7 Å². The molecule has 2 aliphatic rings. The lowest BCUT2D eigenvalue weighted by atomic mass is 10.0. The van der Waals surface area contributed by atoms with Crippen LogP contribution >= 0.6 is 0 Å². The predicted molar refractivity (Wildman–Crippen MR) is 89.4 cm³/mol. The number of pyridine rings is 1. The van der Waals surface area contributed by atoms with Crippen molar-refractivity contribution in [3.8, 4) is 16.9 Å². The van der Waals surface area contributed by atoms with Crippen molar-refractivity contribution in [1.82, 2.24) is 4.98 Å². The molecule has 0 radical (unpaired) electrons. The number of fused-ring (bicyclic) bond motifs is 3. The predicted octanol–water partition coefficient (Wildman–Crippen LogP) is 1.88. The van der Waals surface area contributed by atoms with E-state index in [4.69, 9.17) is 9.47 Å². The van der Waals surface area contributed by atoms with E-state index in [0.717, 1.165) is 11.1 Å². The quantitative estimate of drug-likeness (QED) is 0.885. The summed E-state index contributed by atoms with van der Waals surface area (Å²) in [5.41, 5.74) is 3.02. The van der Waals surface area contributed by atoms with Crippen LogP contribution in [-0.2, 0) is 4.74 Å². The molecule has 0 bridgehead atoms. The van der Waals surface area contributed by atoms with Crippen LogP contribution in [0.1, 0.15) is 18.7 Å². The maximum Gasteiger partial charge on any atom is 0.415 e. The Balaban J connectivity index is 1.66. The number of nitrogens with zero attached hydrogens (tertiary/aromatic N) is 2. The highest BCUT2D eigenvalue weighted by Gasteiger charge is 2.46. The van der Waals surface area contributed by atoms with Crippen molar-refractivity contribution in [2.45, 2.75) is 25.2 Å². The molecule has 2 aromatic rings. The molecule has 3 atom stereocenters. The number of ether oxygens (including phenoxy) is 2. The first-order valence-corrected chi connectivity index (χ1v) is 8.10. The molecule has 1 amide bonds. The third-order valence-corrected chi connectivity index (χ3v) is 4.57. The van der Waals surface area contributed by atoms with Crippen LogP contribution in [0, 0.1) is 0 Å². The van der Waals surface area contributed by atoms with Crippen molar-refractivity contribution in [3.05, 3.63) is 42.2 Å². The monoisotopic (exact) mass is 342 g/mol. The van der Waals surface area contributed by atoms with E-state index in [2.05, 4.69) is 4.98 Å². The Morgan fingerprint density at radius 3 is 2.80 bits per heavy atom. The summed E-state index contributed by atoms with van der Waals surface area (Å²) in [5.74, 6) is 0.587. The number of hydrogen-bond acceptors (Lipinski definition) is 6. The van der Waals surface area contributed by atoms with Gasteiger partial charge in [0, 0.05) is 11.8 Å². The minimum absolute atomic E-state index is 0.231. The molecule has 1 aromatic carbocycles. The van der Waals surface area contributed by atoms with Crippen LogP contribution in [0.3, 0.4) is 0 Å². The highest BCUT2D eigenvalue weighted by molar-refractivity contribution is 5.94. The maximum absolute atomic E-state index is 12.1. The van der Waals surface area contributed by atoms with Crippen molar-refractivity contribution >= 4 is 11.8 Å². The van der Waals surface area contributed by atoms with Gasteiger partial charge in [-0.15, -0.1) is 0 Å². The fourth-order valence-corrected chi connectivity index (χ4v) is 3.19. The summed E-state index contributed by atoms with van der Waals surface area (Å²) in [6.07, 6.45) is 0.0433. The van der Waals surface area contributed by atoms with E-state index in [1.54, 1.807) is 25.3 Å². The zero-order valence-electron chi connectivity index (χ0n) is 13.6. The molecule has 1 fully saturated rings. The Morgan fingerprint density at radius 1 is 1.32 bits per heavy atom. The van der Waals surface area contributed by atoms with Gasteiger partial charge in [0.25, 0.3) is 0 Å². The number of aliphatic hydroxyl groups is 2. The summed E-state index contributed by atoms with van der Waals surface area (Å²) in [6.45, 7) is 1.71. The number of rotatable bonds is 3. The third kappa shape index (κ3) is 2.61. The first-order chi connectivity index (χ1) is 12.1. The summed E-state index contributed by atoms with van der Waals surface area (Å²) in [6, 6.07) is 8.88. The van der Waals surface area contributed by atoms with Crippen molar-refractivity contribution in [2.24, 2.45) is 0 Å². The van der Waals surface area contributed by atoms with Gasteiger partial charge in [0.05, 0.1) is 24.1 Å². The van der Waals surface area contributed by atoms with Gasteiger partial charge >= 0.3 is 6.09 Å². The average molecular weight is 342 g/mol. The Kier molecular flexibility index (Phi) is 3.82. The molecule has 1 aromatic heterocycles. The lowest BCUT2D eigenvalue weighted by Gasteiger charge is -2.31. The average Bonchev–Trinajstić information content (AvgIpc) is 2.97. The van der Waals surface area contributed by atoms with Crippen LogP contribution in [0.4, 0.5) is 10.5 Å². The number of hydrogen-bond donors (Lipinski definition) is 2. The SMILES string of the molecule is CC(O)c1ccc(-c2ccc3c(c2)OC[C@H]2[C@H](CO)OC(=O)N32)cn1. The fourth-order valence-electron chi connectivity index (χ4n) is 3.19. The molecule has 2 aliphatic heterocycles. The van der Waals surface area contributed by atoms with Gasteiger partial charge in [0.2, 0.25) is 0 Å². The summed E-state index contributed by atoms with van der Waals surface area (Å²) >= 11 is 0. The Morgan fingerprint density at radius 2 is 2.12 bits per heavy atom. The van der Waals surface area contributed by atoms with Gasteiger partial charge in [-0.25, -0.2) is 4.79 Å². The minimum atomic E-state index is -0.613.